The number of hydrogen-bond acceptors (Lipinski definition) is 20. The Morgan fingerprint density at radius 1 is 0.773 bits per heavy atom. The predicted octanol–water partition coefficient (Wildman–Crippen LogP) is 5.81. The molecule has 9 N–H and O–H groups in total. The third-order valence-electron chi connectivity index (χ3n) is 20.5. The van der Waals surface area contributed by atoms with Crippen LogP contribution in [0.1, 0.15) is 147 Å². The molecule has 1 aromatic heterocycles. The molecular weight excluding hydrogens is 1420 g/mol. The smallest absolute Gasteiger partial charge is 0.407 e. The number of pyridine rings is 1. The number of alkyl carbamates (subject to hydrolysis) is 1. The number of piperidine rings is 1. The van der Waals surface area contributed by atoms with E-state index in [4.69, 9.17) is 43.9 Å². The number of para-hydroxylation sites is 1. The summed E-state index contributed by atoms with van der Waals surface area (Å²) in [7, 11) is 0. The molecule has 10 rings (SSSR count). The number of halogens is 1. The lowest BCUT2D eigenvalue weighted by atomic mass is 9.69. The molecule has 0 radical (unpaired) electrons. The molecule has 0 saturated carbocycles. The highest BCUT2D eigenvalue weighted by Gasteiger charge is 2.60. The minimum Gasteiger partial charge on any atom is -0.463 e. The van der Waals surface area contributed by atoms with Gasteiger partial charge in [0.15, 0.2) is 17.2 Å². The van der Waals surface area contributed by atoms with Gasteiger partial charge in [0.1, 0.15) is 25.6 Å². The molecule has 5 aromatic rings. The number of Topliss-reactive ketones (excluding diaryl/α,β-unsaturated/α-hetero) is 2. The molecule has 110 heavy (non-hydrogen) atoms. The summed E-state index contributed by atoms with van der Waals surface area (Å²) < 4.78 is 54.0. The molecule has 3 unspecified atom stereocenters. The number of cyclic esters (lactones) is 1. The number of hydrogen-bond donors (Lipinski definition) is 8. The lowest BCUT2D eigenvalue weighted by molar-refractivity contribution is -0.202. The topological polar surface area (TPSA) is 390 Å². The minimum atomic E-state index is -1.86. The van der Waals surface area contributed by atoms with E-state index in [1.165, 1.54) is 6.07 Å². The second-order valence-electron chi connectivity index (χ2n) is 28.2. The summed E-state index contributed by atoms with van der Waals surface area (Å²) in [6.07, 6.45) is 0.380. The zero-order chi connectivity index (χ0) is 78.4. The van der Waals surface area contributed by atoms with Crippen molar-refractivity contribution in [3.8, 4) is 11.8 Å². The van der Waals surface area contributed by atoms with E-state index in [-0.39, 0.29) is 153 Å². The zero-order valence-corrected chi connectivity index (χ0v) is 62.4. The van der Waals surface area contributed by atoms with Crippen molar-refractivity contribution < 1.29 is 95.4 Å². The molecule has 30 heteroatoms. The number of aliphatic hydroxyl groups is 1. The van der Waals surface area contributed by atoms with Gasteiger partial charge in [0.2, 0.25) is 35.4 Å². The summed E-state index contributed by atoms with van der Waals surface area (Å²) in [6, 6.07) is 20.1. The van der Waals surface area contributed by atoms with Crippen molar-refractivity contribution in [2.24, 2.45) is 29.4 Å². The first-order chi connectivity index (χ1) is 53.0. The predicted molar refractivity (Wildman–Crippen MR) is 397 cm³/mol. The van der Waals surface area contributed by atoms with Gasteiger partial charge in [-0.05, 0) is 110 Å². The molecule has 4 aliphatic heterocycles. The highest BCUT2D eigenvalue weighted by Crippen LogP contribution is 2.53. The van der Waals surface area contributed by atoms with E-state index in [0.29, 0.717) is 84.7 Å². The Labute approximate surface area is 637 Å². The van der Waals surface area contributed by atoms with Gasteiger partial charge in [-0.1, -0.05) is 75.1 Å². The second-order valence-corrected chi connectivity index (χ2v) is 28.2. The molecule has 5 heterocycles. The van der Waals surface area contributed by atoms with Crippen LogP contribution in [0, 0.1) is 48.3 Å². The van der Waals surface area contributed by atoms with E-state index in [0.717, 1.165) is 33.4 Å². The Bertz CT molecular complexity index is 4280. The van der Waals surface area contributed by atoms with Crippen molar-refractivity contribution in [3.63, 3.8) is 0 Å². The molecule has 9 amide bonds. The van der Waals surface area contributed by atoms with Crippen molar-refractivity contribution in [2.75, 3.05) is 103 Å². The average molecular weight is 1520 g/mol. The number of aryl methyl sites for hydroxylation is 1. The molecule has 0 spiro atoms. The number of carbonyl (C=O) groups excluding carboxylic acids is 11. The fourth-order valence-electron chi connectivity index (χ4n) is 14.6. The van der Waals surface area contributed by atoms with Gasteiger partial charge < -0.3 is 85.7 Å². The lowest BCUT2D eigenvalue weighted by Crippen LogP contribution is -2.61. The minimum absolute atomic E-state index is 0.0241. The molecule has 2 saturated heterocycles. The number of fused-ring (bicyclic) bond motifs is 7. The maximum atomic E-state index is 15.4. The number of amides is 9. The van der Waals surface area contributed by atoms with Crippen LogP contribution in [0.3, 0.4) is 0 Å². The number of aromatic nitrogens is 1. The Kier molecular flexibility index (Phi) is 29.4. The molecular formula is C80H97FN10O19. The summed E-state index contributed by atoms with van der Waals surface area (Å²) in [6.45, 7) is 8.49. The van der Waals surface area contributed by atoms with Crippen molar-refractivity contribution in [2.45, 2.75) is 142 Å². The third kappa shape index (κ3) is 21.4. The maximum Gasteiger partial charge on any atom is 0.407 e. The van der Waals surface area contributed by atoms with Crippen LogP contribution in [-0.2, 0) is 102 Å². The van der Waals surface area contributed by atoms with Crippen LogP contribution in [-0.4, -0.2) is 184 Å². The van der Waals surface area contributed by atoms with Crippen molar-refractivity contribution >= 4 is 87.4 Å². The monoisotopic (exact) mass is 1520 g/mol. The van der Waals surface area contributed by atoms with Gasteiger partial charge in [-0.3, -0.25) is 43.3 Å². The zero-order valence-electron chi connectivity index (χ0n) is 62.4. The number of nitrogens with zero attached hydrogens (tertiary/aromatic N) is 3. The summed E-state index contributed by atoms with van der Waals surface area (Å²) >= 11 is 0. The number of carbonyl (C=O) groups is 11. The van der Waals surface area contributed by atoms with Crippen LogP contribution in [0.5, 0.6) is 0 Å². The largest absolute Gasteiger partial charge is 0.463 e. The highest BCUT2D eigenvalue weighted by molar-refractivity contribution is 5.99. The van der Waals surface area contributed by atoms with E-state index in [1.54, 1.807) is 61.8 Å². The fraction of sp³-hybridized carbons (Fsp3) is 0.500. The third-order valence-corrected chi connectivity index (χ3v) is 20.5. The normalized spacial score (nSPS) is 18.4. The number of esters is 1. The van der Waals surface area contributed by atoms with Crippen LogP contribution < -0.4 is 42.5 Å². The number of ether oxygens (including phenoxy) is 7. The molecule has 7 atom stereocenters. The second kappa shape index (κ2) is 39.4. The Balaban J connectivity index is 0.570. The number of rotatable bonds is 40. The van der Waals surface area contributed by atoms with Crippen molar-refractivity contribution in [3.05, 3.63) is 135 Å². The summed E-state index contributed by atoms with van der Waals surface area (Å²) in [5.41, 5.74) is 11.1. The standard InChI is InChI=1S/C80H97FN10O19/c1-5-80(103)60-40-65-74-58(44-91(65)76(99)59(60)46-109-77(80)100)72-62(23-22-57-49(4)61(81)41-63(88-74)71(57)72)87-69(96)47-108-30-26-56(92)42-85-79(102)110-45-50-16-20-55(21-17-50)86-75(98)53(14-10-28-84-78(82)101)39-66(93)73(48(2)3)89-68(95)27-31-104-33-35-106-37-38-107-36-34-105-32-29-83-67(94)24-25-70(97)90-43-54-13-7-6-11-51(54)18-19-52-12-8-9-15-64(52)90/h6-9,11-13,15-17,20-21,41,48,53,59-60,62,65,73,103H,5,10,14,22-40,42-47H2,1-4H3,(H,83,94)(H,85,102)(H,86,98)(H,87,96)(H,89,95)(H3,82,84,101)/t53-,59?,60?,62+,65?,73+,80+/m1/s1. The van der Waals surface area contributed by atoms with Crippen LogP contribution in [0.15, 0.2) is 78.9 Å². The van der Waals surface area contributed by atoms with E-state index >= 15 is 4.39 Å². The van der Waals surface area contributed by atoms with Gasteiger partial charge in [0, 0.05) is 97.4 Å². The Morgan fingerprint density at radius 2 is 1.46 bits per heavy atom. The van der Waals surface area contributed by atoms with Gasteiger partial charge >= 0.3 is 18.1 Å². The molecule has 588 valence electrons. The highest BCUT2D eigenvalue weighted by atomic mass is 19.1. The first kappa shape index (κ1) is 82.2. The molecule has 4 aromatic carbocycles. The quantitative estimate of drug-likeness (QED) is 0.0130. The molecule has 5 aliphatic rings. The summed E-state index contributed by atoms with van der Waals surface area (Å²) in [5, 5.41) is 28.6. The maximum absolute atomic E-state index is 15.4. The van der Waals surface area contributed by atoms with E-state index < -0.39 is 102 Å². The van der Waals surface area contributed by atoms with Gasteiger partial charge in [-0.15, -0.1) is 0 Å². The first-order valence-corrected chi connectivity index (χ1v) is 37.5. The Morgan fingerprint density at radius 3 is 2.19 bits per heavy atom. The number of anilines is 2. The Hall–Kier alpha value is -10.3. The number of benzene rings is 4. The van der Waals surface area contributed by atoms with Crippen molar-refractivity contribution in [1.29, 1.82) is 0 Å². The molecule has 29 nitrogen and oxygen atoms in total. The number of primary amides is 1. The van der Waals surface area contributed by atoms with Crippen molar-refractivity contribution in [1.82, 2.24) is 36.5 Å². The lowest BCUT2D eigenvalue weighted by Gasteiger charge is -2.48. The summed E-state index contributed by atoms with van der Waals surface area (Å²) in [5.74, 6) is -0.387. The molecule has 0 bridgehead atoms. The van der Waals surface area contributed by atoms with Crippen LogP contribution >= 0.6 is 0 Å². The number of nitrogens with one attached hydrogen (secondary N) is 6. The van der Waals surface area contributed by atoms with Gasteiger partial charge in [0.05, 0.1) is 113 Å². The summed E-state index contributed by atoms with van der Waals surface area (Å²) in [4.78, 5) is 153. The van der Waals surface area contributed by atoms with E-state index in [1.807, 2.05) is 48.5 Å². The average Bonchev–Trinajstić information content (AvgIpc) is 1.51. The number of nitrogens with two attached hydrogens (primary N) is 1. The van der Waals surface area contributed by atoms with Gasteiger partial charge in [-0.25, -0.2) is 18.8 Å². The SMILES string of the molecule is CC[C@@]1(O)C(=O)OCC2C(=O)N3Cc4c(nc5cc(F)c(C)c6c5c4[C@@H](NC(=O)COCCC(=O)CNC(=O)OCc4ccc(NC(=O)[C@H](CCCNC(N)=O)CC(=O)[C@@H](NC(=O)CCOCCOCCOCCOCCNC(=O)CCC(=O)N5Cc7ccccc7C#Cc7ccccc75)C(C)C)cc4)CC6)C3CC21. The van der Waals surface area contributed by atoms with E-state index in [9.17, 15) is 57.8 Å². The molecule has 1 aliphatic carbocycles. The van der Waals surface area contributed by atoms with Crippen LogP contribution in [0.4, 0.5) is 25.4 Å². The van der Waals surface area contributed by atoms with Crippen LogP contribution in [0.2, 0.25) is 0 Å². The fourth-order valence-corrected chi connectivity index (χ4v) is 14.6. The van der Waals surface area contributed by atoms with Gasteiger partial charge in [0.25, 0.3) is 0 Å². The van der Waals surface area contributed by atoms with E-state index in [2.05, 4.69) is 43.7 Å². The number of urea groups is 1. The first-order valence-electron chi connectivity index (χ1n) is 37.5. The van der Waals surface area contributed by atoms with Gasteiger partial charge in [-0.2, -0.15) is 0 Å². The molecule has 2 fully saturated rings. The van der Waals surface area contributed by atoms with Crippen LogP contribution in [0.25, 0.3) is 10.9 Å². The number of ketones is 2.